The second kappa shape index (κ2) is 9.97. The Morgan fingerprint density at radius 2 is 1.59 bits per heavy atom. The molecule has 0 bridgehead atoms. The highest BCUT2D eigenvalue weighted by molar-refractivity contribution is 7.99. The topological polar surface area (TPSA) is 71.2 Å². The van der Waals surface area contributed by atoms with Crippen LogP contribution in [0.2, 0.25) is 0 Å². The maximum absolute atomic E-state index is 13.0. The van der Waals surface area contributed by atoms with E-state index in [4.69, 9.17) is 0 Å². The molecule has 0 saturated carbocycles. The summed E-state index contributed by atoms with van der Waals surface area (Å²) in [5, 5.41) is 19.0. The van der Waals surface area contributed by atoms with E-state index in [1.54, 1.807) is 12.1 Å². The van der Waals surface area contributed by atoms with Gasteiger partial charge in [-0.15, -0.1) is 10.2 Å². The molecule has 5 rings (SSSR count). The Labute approximate surface area is 202 Å². The minimum atomic E-state index is 0.0786. The molecule has 7 heteroatoms. The van der Waals surface area contributed by atoms with Gasteiger partial charge in [-0.1, -0.05) is 78.5 Å². The molecule has 0 unspecified atom stereocenters. The normalized spacial score (nSPS) is 13.5. The number of carbonyl (C=O) groups is 1. The average molecular weight is 469 g/mol. The maximum Gasteiger partial charge on any atom is 0.233 e. The predicted molar refractivity (Wildman–Crippen MR) is 135 cm³/mol. The Balaban J connectivity index is 1.30. The molecule has 3 aromatic carbocycles. The largest absolute Gasteiger partial charge is 0.508 e. The van der Waals surface area contributed by atoms with Gasteiger partial charge in [0.15, 0.2) is 11.0 Å². The number of aromatic hydroxyl groups is 1. The van der Waals surface area contributed by atoms with Crippen LogP contribution in [-0.4, -0.2) is 49.5 Å². The Hall–Kier alpha value is -3.84. The molecule has 170 valence electrons. The minimum Gasteiger partial charge on any atom is -0.508 e. The number of hydrogen-bond acceptors (Lipinski definition) is 5. The SMILES string of the molecule is O=C(CSc1nnc(-c2ccccc2)n1-c1ccccc1)N1CC=C(c2ccc(O)cc2)CC1. The Morgan fingerprint density at radius 1 is 0.882 bits per heavy atom. The lowest BCUT2D eigenvalue weighted by Gasteiger charge is -2.26. The zero-order valence-corrected chi connectivity index (χ0v) is 19.4. The quantitative estimate of drug-likeness (QED) is 0.401. The van der Waals surface area contributed by atoms with Crippen LogP contribution in [0.5, 0.6) is 5.75 Å². The highest BCUT2D eigenvalue weighted by Gasteiger charge is 2.21. The number of aromatic nitrogens is 3. The predicted octanol–water partition coefficient (Wildman–Crippen LogP) is 5.05. The standard InChI is InChI=1S/C27H24N4O2S/c32-24-13-11-20(12-14-24)21-15-17-30(18-16-21)25(33)19-34-27-29-28-26(22-7-3-1-4-8-22)31(27)23-9-5-2-6-10-23/h1-15,32H,16-19H2. The smallest absolute Gasteiger partial charge is 0.233 e. The molecule has 0 atom stereocenters. The van der Waals surface area contributed by atoms with Crippen LogP contribution in [0.15, 0.2) is 96.2 Å². The van der Waals surface area contributed by atoms with Crippen molar-refractivity contribution in [3.63, 3.8) is 0 Å². The number of para-hydroxylation sites is 1. The number of phenols is 1. The van der Waals surface area contributed by atoms with Crippen molar-refractivity contribution in [1.29, 1.82) is 0 Å². The first-order chi connectivity index (χ1) is 16.7. The van der Waals surface area contributed by atoms with Gasteiger partial charge in [0.2, 0.25) is 5.91 Å². The third-order valence-electron chi connectivity index (χ3n) is 5.80. The summed E-state index contributed by atoms with van der Waals surface area (Å²) < 4.78 is 2.01. The first kappa shape index (κ1) is 22.0. The fourth-order valence-electron chi connectivity index (χ4n) is 4.00. The third-order valence-corrected chi connectivity index (χ3v) is 6.72. The van der Waals surface area contributed by atoms with Gasteiger partial charge < -0.3 is 10.0 Å². The van der Waals surface area contributed by atoms with E-state index in [0.29, 0.717) is 24.0 Å². The lowest BCUT2D eigenvalue weighted by Crippen LogP contribution is -2.35. The third kappa shape index (κ3) is 4.75. The van der Waals surface area contributed by atoms with Gasteiger partial charge in [0, 0.05) is 24.3 Å². The van der Waals surface area contributed by atoms with E-state index in [9.17, 15) is 9.90 Å². The lowest BCUT2D eigenvalue weighted by molar-refractivity contribution is -0.127. The van der Waals surface area contributed by atoms with Crippen molar-refractivity contribution in [2.45, 2.75) is 11.6 Å². The molecule has 0 fully saturated rings. The highest BCUT2D eigenvalue weighted by Crippen LogP contribution is 2.29. The van der Waals surface area contributed by atoms with Crippen LogP contribution in [0, 0.1) is 0 Å². The van der Waals surface area contributed by atoms with Gasteiger partial charge in [-0.3, -0.25) is 9.36 Å². The lowest BCUT2D eigenvalue weighted by atomic mass is 9.99. The molecule has 2 heterocycles. The molecule has 1 N–H and O–H groups in total. The average Bonchev–Trinajstić information content (AvgIpc) is 3.33. The van der Waals surface area contributed by atoms with E-state index >= 15 is 0 Å². The number of carbonyl (C=O) groups excluding carboxylic acids is 1. The van der Waals surface area contributed by atoms with Crippen LogP contribution in [-0.2, 0) is 4.79 Å². The van der Waals surface area contributed by atoms with Gasteiger partial charge in [0.1, 0.15) is 5.75 Å². The molecule has 1 aliphatic rings. The first-order valence-electron chi connectivity index (χ1n) is 11.1. The first-order valence-corrected chi connectivity index (χ1v) is 12.1. The molecule has 1 aliphatic heterocycles. The van der Waals surface area contributed by atoms with Crippen molar-refractivity contribution in [3.8, 4) is 22.8 Å². The molecule has 1 aromatic heterocycles. The fourth-order valence-corrected chi connectivity index (χ4v) is 4.85. The van der Waals surface area contributed by atoms with Crippen molar-refractivity contribution < 1.29 is 9.90 Å². The summed E-state index contributed by atoms with van der Waals surface area (Å²) in [6.45, 7) is 1.25. The van der Waals surface area contributed by atoms with Gasteiger partial charge in [0.05, 0.1) is 5.75 Å². The molecule has 1 amide bonds. The van der Waals surface area contributed by atoms with Crippen LogP contribution >= 0.6 is 11.8 Å². The van der Waals surface area contributed by atoms with Gasteiger partial charge >= 0.3 is 0 Å². The number of phenolic OH excluding ortho intramolecular Hbond substituents is 1. The van der Waals surface area contributed by atoms with Crippen molar-refractivity contribution in [2.24, 2.45) is 0 Å². The van der Waals surface area contributed by atoms with E-state index < -0.39 is 0 Å². The summed E-state index contributed by atoms with van der Waals surface area (Å²) in [5.41, 5.74) is 4.22. The van der Waals surface area contributed by atoms with Gasteiger partial charge in [-0.25, -0.2) is 0 Å². The molecule has 0 aliphatic carbocycles. The maximum atomic E-state index is 13.0. The van der Waals surface area contributed by atoms with E-state index in [2.05, 4.69) is 16.3 Å². The van der Waals surface area contributed by atoms with Gasteiger partial charge in [-0.2, -0.15) is 0 Å². The summed E-state index contributed by atoms with van der Waals surface area (Å²) in [6, 6.07) is 27.1. The Kier molecular flexibility index (Phi) is 6.44. The minimum absolute atomic E-state index is 0.0786. The Bertz CT molecular complexity index is 1300. The number of rotatable bonds is 6. The van der Waals surface area contributed by atoms with Crippen molar-refractivity contribution in [1.82, 2.24) is 19.7 Å². The van der Waals surface area contributed by atoms with Crippen LogP contribution in [0.25, 0.3) is 22.6 Å². The molecular weight excluding hydrogens is 444 g/mol. The number of amides is 1. The summed E-state index contributed by atoms with van der Waals surface area (Å²) in [4.78, 5) is 14.8. The van der Waals surface area contributed by atoms with E-state index in [1.807, 2.05) is 82.3 Å². The number of benzene rings is 3. The van der Waals surface area contributed by atoms with E-state index in [-0.39, 0.29) is 11.7 Å². The molecular formula is C27H24N4O2S. The van der Waals surface area contributed by atoms with Crippen LogP contribution in [0.1, 0.15) is 12.0 Å². The van der Waals surface area contributed by atoms with E-state index in [0.717, 1.165) is 29.1 Å². The van der Waals surface area contributed by atoms with E-state index in [1.165, 1.54) is 17.3 Å². The summed E-state index contributed by atoms with van der Waals surface area (Å²) >= 11 is 1.41. The van der Waals surface area contributed by atoms with Gasteiger partial charge in [-0.05, 0) is 41.8 Å². The molecule has 34 heavy (non-hydrogen) atoms. The molecule has 0 spiro atoms. The fraction of sp³-hybridized carbons (Fsp3) is 0.148. The molecule has 4 aromatic rings. The summed E-state index contributed by atoms with van der Waals surface area (Å²) in [7, 11) is 0. The molecule has 6 nitrogen and oxygen atoms in total. The van der Waals surface area contributed by atoms with Crippen LogP contribution < -0.4 is 0 Å². The van der Waals surface area contributed by atoms with Crippen molar-refractivity contribution in [3.05, 3.63) is 96.6 Å². The summed E-state index contributed by atoms with van der Waals surface area (Å²) in [5.74, 6) is 1.38. The summed E-state index contributed by atoms with van der Waals surface area (Å²) in [6.07, 6.45) is 2.89. The second-order valence-corrected chi connectivity index (χ2v) is 8.94. The van der Waals surface area contributed by atoms with Crippen molar-refractivity contribution in [2.75, 3.05) is 18.8 Å². The zero-order valence-electron chi connectivity index (χ0n) is 18.5. The number of thioether (sulfide) groups is 1. The van der Waals surface area contributed by atoms with Crippen LogP contribution in [0.3, 0.4) is 0 Å². The zero-order chi connectivity index (χ0) is 23.3. The van der Waals surface area contributed by atoms with Gasteiger partial charge in [0.25, 0.3) is 0 Å². The van der Waals surface area contributed by atoms with Crippen molar-refractivity contribution >= 4 is 23.2 Å². The second-order valence-electron chi connectivity index (χ2n) is 8.00. The Morgan fingerprint density at radius 3 is 2.26 bits per heavy atom. The number of nitrogens with zero attached hydrogens (tertiary/aromatic N) is 4. The molecule has 0 radical (unpaired) electrons. The number of hydrogen-bond donors (Lipinski definition) is 1. The highest BCUT2D eigenvalue weighted by atomic mass is 32.2. The molecule has 0 saturated heterocycles. The monoisotopic (exact) mass is 468 g/mol. The van der Waals surface area contributed by atoms with Crippen LogP contribution in [0.4, 0.5) is 0 Å².